The molecule has 0 rings (SSSR count). The zero-order valence-corrected chi connectivity index (χ0v) is 8.48. The summed E-state index contributed by atoms with van der Waals surface area (Å²) < 4.78 is 0. The van der Waals surface area contributed by atoms with E-state index in [2.05, 4.69) is 24.5 Å². The van der Waals surface area contributed by atoms with E-state index < -0.39 is 0 Å². The molecule has 0 aliphatic heterocycles. The minimum Gasteiger partial charge on any atom is -0.341 e. The molecule has 0 radical (unpaired) electrons. The average molecular weight is 172 g/mol. The Labute approximate surface area is 74.9 Å². The molecule has 12 heavy (non-hydrogen) atoms. The summed E-state index contributed by atoms with van der Waals surface area (Å²) in [5, 5.41) is 5.43. The maximum absolute atomic E-state index is 10.9. The molecule has 0 bridgehead atoms. The van der Waals surface area contributed by atoms with Crippen molar-refractivity contribution < 1.29 is 4.79 Å². The standard InChI is InChI=1S/C9H20N2O/c1-5-8(6-2)7(3)11-9(12)10-4/h7-8H,5-6H2,1-4H3,(H2,10,11,12). The van der Waals surface area contributed by atoms with Gasteiger partial charge in [-0.05, 0) is 12.8 Å². The van der Waals surface area contributed by atoms with Gasteiger partial charge in [0.2, 0.25) is 0 Å². The highest BCUT2D eigenvalue weighted by Crippen LogP contribution is 2.11. The summed E-state index contributed by atoms with van der Waals surface area (Å²) in [7, 11) is 1.63. The van der Waals surface area contributed by atoms with Crippen LogP contribution >= 0.6 is 0 Å². The van der Waals surface area contributed by atoms with Crippen LogP contribution in [-0.2, 0) is 0 Å². The van der Waals surface area contributed by atoms with Crippen molar-refractivity contribution >= 4 is 6.03 Å². The van der Waals surface area contributed by atoms with E-state index in [1.807, 2.05) is 6.92 Å². The second-order valence-electron chi connectivity index (χ2n) is 3.09. The van der Waals surface area contributed by atoms with Gasteiger partial charge in [-0.2, -0.15) is 0 Å². The molecule has 3 heteroatoms. The van der Waals surface area contributed by atoms with Crippen molar-refractivity contribution in [2.75, 3.05) is 7.05 Å². The fourth-order valence-electron chi connectivity index (χ4n) is 1.39. The van der Waals surface area contributed by atoms with E-state index in [1.54, 1.807) is 7.05 Å². The minimum absolute atomic E-state index is 0.0885. The van der Waals surface area contributed by atoms with E-state index >= 15 is 0 Å². The molecule has 2 N–H and O–H groups in total. The first kappa shape index (κ1) is 11.3. The maximum Gasteiger partial charge on any atom is 0.314 e. The Hall–Kier alpha value is -0.730. The number of hydrogen-bond donors (Lipinski definition) is 2. The molecule has 0 fully saturated rings. The normalized spacial score (nSPS) is 12.8. The number of amides is 2. The Kier molecular flexibility index (Phi) is 5.51. The summed E-state index contributed by atoms with van der Waals surface area (Å²) in [4.78, 5) is 10.9. The van der Waals surface area contributed by atoms with Crippen LogP contribution in [0.3, 0.4) is 0 Å². The molecule has 0 heterocycles. The smallest absolute Gasteiger partial charge is 0.314 e. The van der Waals surface area contributed by atoms with Crippen molar-refractivity contribution in [3.63, 3.8) is 0 Å². The molecule has 0 aromatic rings. The molecule has 1 atom stereocenters. The van der Waals surface area contributed by atoms with Crippen LogP contribution in [0.25, 0.3) is 0 Å². The third-order valence-corrected chi connectivity index (χ3v) is 2.34. The molecule has 0 aliphatic carbocycles. The van der Waals surface area contributed by atoms with E-state index in [4.69, 9.17) is 0 Å². The summed E-state index contributed by atoms with van der Waals surface area (Å²) in [5.74, 6) is 0.585. The topological polar surface area (TPSA) is 41.1 Å². The number of nitrogens with one attached hydrogen (secondary N) is 2. The Balaban J connectivity index is 3.83. The minimum atomic E-state index is -0.0885. The molecule has 0 saturated carbocycles. The van der Waals surface area contributed by atoms with E-state index in [0.29, 0.717) is 5.92 Å². The third-order valence-electron chi connectivity index (χ3n) is 2.34. The zero-order chi connectivity index (χ0) is 9.56. The highest BCUT2D eigenvalue weighted by Gasteiger charge is 2.14. The summed E-state index contributed by atoms with van der Waals surface area (Å²) in [6, 6.07) is 0.175. The largest absolute Gasteiger partial charge is 0.341 e. The predicted octanol–water partition coefficient (Wildman–Crippen LogP) is 1.74. The van der Waals surface area contributed by atoms with E-state index in [9.17, 15) is 4.79 Å². The molecule has 0 spiro atoms. The molecule has 72 valence electrons. The van der Waals surface area contributed by atoms with Gasteiger partial charge in [0.05, 0.1) is 0 Å². The molecule has 0 saturated heterocycles. The van der Waals surface area contributed by atoms with Crippen molar-refractivity contribution in [2.45, 2.75) is 39.7 Å². The van der Waals surface area contributed by atoms with E-state index in [1.165, 1.54) is 0 Å². The number of hydrogen-bond acceptors (Lipinski definition) is 1. The summed E-state index contributed by atoms with van der Waals surface area (Å²) >= 11 is 0. The molecule has 2 amide bonds. The number of carbonyl (C=O) groups is 1. The Bertz CT molecular complexity index is 132. The van der Waals surface area contributed by atoms with Crippen LogP contribution in [0.15, 0.2) is 0 Å². The monoisotopic (exact) mass is 172 g/mol. The first-order valence-corrected chi connectivity index (χ1v) is 4.63. The van der Waals surface area contributed by atoms with Gasteiger partial charge >= 0.3 is 6.03 Å². The van der Waals surface area contributed by atoms with Crippen LogP contribution in [-0.4, -0.2) is 19.1 Å². The molecule has 0 aliphatic rings. The van der Waals surface area contributed by atoms with Gasteiger partial charge in [-0.1, -0.05) is 26.7 Å². The van der Waals surface area contributed by atoms with Gasteiger partial charge < -0.3 is 10.6 Å². The van der Waals surface area contributed by atoms with Crippen molar-refractivity contribution in [1.29, 1.82) is 0 Å². The quantitative estimate of drug-likeness (QED) is 0.666. The fraction of sp³-hybridized carbons (Fsp3) is 0.889. The second-order valence-corrected chi connectivity index (χ2v) is 3.09. The lowest BCUT2D eigenvalue weighted by Gasteiger charge is -2.21. The zero-order valence-electron chi connectivity index (χ0n) is 8.48. The SMILES string of the molecule is CCC(CC)C(C)NC(=O)NC. The van der Waals surface area contributed by atoms with Crippen LogP contribution in [0.2, 0.25) is 0 Å². The van der Waals surface area contributed by atoms with Crippen molar-refractivity contribution in [3.05, 3.63) is 0 Å². The Morgan fingerprint density at radius 1 is 1.33 bits per heavy atom. The van der Waals surface area contributed by atoms with Gasteiger partial charge in [-0.3, -0.25) is 0 Å². The second kappa shape index (κ2) is 5.86. The number of rotatable bonds is 4. The summed E-state index contributed by atoms with van der Waals surface area (Å²) in [5.41, 5.74) is 0. The van der Waals surface area contributed by atoms with Gasteiger partial charge in [0, 0.05) is 13.1 Å². The van der Waals surface area contributed by atoms with Crippen LogP contribution < -0.4 is 10.6 Å². The van der Waals surface area contributed by atoms with Gasteiger partial charge in [0.25, 0.3) is 0 Å². The van der Waals surface area contributed by atoms with Crippen LogP contribution in [0, 0.1) is 5.92 Å². The van der Waals surface area contributed by atoms with Crippen molar-refractivity contribution in [1.82, 2.24) is 10.6 Å². The maximum atomic E-state index is 10.9. The van der Waals surface area contributed by atoms with E-state index in [-0.39, 0.29) is 12.1 Å². The summed E-state index contributed by atoms with van der Waals surface area (Å²) in [6.07, 6.45) is 2.23. The van der Waals surface area contributed by atoms with Crippen LogP contribution in [0.4, 0.5) is 4.79 Å². The molecule has 0 aromatic carbocycles. The van der Waals surface area contributed by atoms with E-state index in [0.717, 1.165) is 12.8 Å². The number of urea groups is 1. The lowest BCUT2D eigenvalue weighted by Crippen LogP contribution is -2.42. The first-order valence-electron chi connectivity index (χ1n) is 4.63. The van der Waals surface area contributed by atoms with Gasteiger partial charge in [0.1, 0.15) is 0 Å². The molecule has 3 nitrogen and oxygen atoms in total. The fourth-order valence-corrected chi connectivity index (χ4v) is 1.39. The molecule has 0 aromatic heterocycles. The third kappa shape index (κ3) is 3.60. The Morgan fingerprint density at radius 3 is 2.17 bits per heavy atom. The highest BCUT2D eigenvalue weighted by molar-refractivity contribution is 5.73. The first-order chi connectivity index (χ1) is 5.65. The Morgan fingerprint density at radius 2 is 1.83 bits per heavy atom. The van der Waals surface area contributed by atoms with Crippen LogP contribution in [0.5, 0.6) is 0 Å². The lowest BCUT2D eigenvalue weighted by atomic mass is 9.96. The van der Waals surface area contributed by atoms with Gasteiger partial charge in [0.15, 0.2) is 0 Å². The van der Waals surface area contributed by atoms with Crippen molar-refractivity contribution in [3.8, 4) is 0 Å². The van der Waals surface area contributed by atoms with Gasteiger partial charge in [-0.25, -0.2) is 4.79 Å². The summed E-state index contributed by atoms with van der Waals surface area (Å²) in [6.45, 7) is 6.35. The lowest BCUT2D eigenvalue weighted by molar-refractivity contribution is 0.233. The highest BCUT2D eigenvalue weighted by atomic mass is 16.2. The van der Waals surface area contributed by atoms with Crippen LogP contribution in [0.1, 0.15) is 33.6 Å². The predicted molar refractivity (Wildman–Crippen MR) is 51.1 cm³/mol. The molecular formula is C9H20N2O. The van der Waals surface area contributed by atoms with Gasteiger partial charge in [-0.15, -0.1) is 0 Å². The molecular weight excluding hydrogens is 152 g/mol. The average Bonchev–Trinajstić information content (AvgIpc) is 2.06. The molecule has 1 unspecified atom stereocenters. The number of carbonyl (C=O) groups excluding carboxylic acids is 1. The van der Waals surface area contributed by atoms with Crippen molar-refractivity contribution in [2.24, 2.45) is 5.92 Å².